The first-order valence-electron chi connectivity index (χ1n) is 4.53. The van der Waals surface area contributed by atoms with Crippen LogP contribution >= 0.6 is 78.0 Å². The van der Waals surface area contributed by atoms with E-state index in [1.165, 1.54) is 0 Å². The Morgan fingerprint density at radius 2 is 1.82 bits per heavy atom. The van der Waals surface area contributed by atoms with Crippen LogP contribution in [-0.4, -0.2) is 0 Å². The van der Waals surface area contributed by atoms with Crippen LogP contribution in [0.4, 0.5) is 0 Å². The fourth-order valence-corrected chi connectivity index (χ4v) is 4.28. The number of benzene rings is 1. The molecule has 0 aliphatic carbocycles. The Morgan fingerprint density at radius 1 is 1.12 bits per heavy atom. The molecule has 0 radical (unpaired) electrons. The SMILES string of the molecule is Clc1ccc(Cl)c(C(Cl)c2cc(Br)c(Br)s2)c1. The van der Waals surface area contributed by atoms with Gasteiger partial charge in [-0.2, -0.15) is 0 Å². The van der Waals surface area contributed by atoms with E-state index in [0.29, 0.717) is 10.0 Å². The Hall–Kier alpha value is 0.750. The molecule has 2 aromatic rings. The molecule has 0 aliphatic heterocycles. The first kappa shape index (κ1) is 14.2. The van der Waals surface area contributed by atoms with Gasteiger partial charge in [-0.05, 0) is 61.7 Å². The second-order valence-corrected chi connectivity index (χ2v) is 7.83. The molecular weight excluding hydrogens is 430 g/mol. The summed E-state index contributed by atoms with van der Waals surface area (Å²) in [7, 11) is 0. The van der Waals surface area contributed by atoms with Crippen LogP contribution < -0.4 is 0 Å². The molecule has 1 aromatic carbocycles. The molecule has 0 saturated heterocycles. The van der Waals surface area contributed by atoms with Crippen molar-refractivity contribution in [1.82, 2.24) is 0 Å². The summed E-state index contributed by atoms with van der Waals surface area (Å²) in [5, 5.41) is 0.952. The molecule has 0 spiro atoms. The smallest absolute Gasteiger partial charge is 0.0943 e. The van der Waals surface area contributed by atoms with Crippen LogP contribution in [0.5, 0.6) is 0 Å². The highest BCUT2D eigenvalue weighted by Gasteiger charge is 2.18. The van der Waals surface area contributed by atoms with E-state index in [1.807, 2.05) is 6.07 Å². The molecule has 1 aromatic heterocycles. The Balaban J connectivity index is 2.42. The number of hydrogen-bond acceptors (Lipinski definition) is 1. The number of thiophene rings is 1. The van der Waals surface area contributed by atoms with Gasteiger partial charge in [-0.1, -0.05) is 23.2 Å². The third kappa shape index (κ3) is 3.20. The summed E-state index contributed by atoms with van der Waals surface area (Å²) in [6.07, 6.45) is 0. The van der Waals surface area contributed by atoms with Crippen molar-refractivity contribution >= 4 is 78.0 Å². The highest BCUT2D eigenvalue weighted by Crippen LogP contribution is 2.42. The molecule has 0 amide bonds. The van der Waals surface area contributed by atoms with E-state index in [1.54, 1.807) is 29.5 Å². The molecule has 90 valence electrons. The molecule has 0 nitrogen and oxygen atoms in total. The summed E-state index contributed by atoms with van der Waals surface area (Å²) in [5.74, 6) is 0. The molecule has 0 bridgehead atoms. The molecule has 0 fully saturated rings. The standard InChI is InChI=1S/C11H5Br2Cl3S/c12-7-4-9(17-11(7)13)10(16)6-3-5(14)1-2-8(6)15/h1-4,10H. The predicted octanol–water partition coefficient (Wildman–Crippen LogP) is 6.91. The third-order valence-corrected chi connectivity index (χ3v) is 6.65. The van der Waals surface area contributed by atoms with Gasteiger partial charge >= 0.3 is 0 Å². The first-order valence-corrected chi connectivity index (χ1v) is 8.12. The average Bonchev–Trinajstić information content (AvgIpc) is 2.62. The summed E-state index contributed by atoms with van der Waals surface area (Å²) >= 11 is 26.9. The molecule has 1 unspecified atom stereocenters. The normalized spacial score (nSPS) is 12.8. The number of hydrogen-bond donors (Lipinski definition) is 0. The van der Waals surface area contributed by atoms with Gasteiger partial charge in [0.05, 0.1) is 9.16 Å². The Bertz CT molecular complexity index is 534. The zero-order valence-corrected chi connectivity index (χ0v) is 14.4. The summed E-state index contributed by atoms with van der Waals surface area (Å²) in [6, 6.07) is 7.27. The fourth-order valence-electron chi connectivity index (χ4n) is 1.35. The molecule has 17 heavy (non-hydrogen) atoms. The number of alkyl halides is 1. The lowest BCUT2D eigenvalue weighted by Gasteiger charge is -2.10. The van der Waals surface area contributed by atoms with Crippen molar-refractivity contribution in [3.05, 3.63) is 53.0 Å². The molecule has 1 atom stereocenters. The summed E-state index contributed by atoms with van der Waals surface area (Å²) in [5.41, 5.74) is 0.821. The van der Waals surface area contributed by atoms with Crippen molar-refractivity contribution in [2.75, 3.05) is 0 Å². The number of rotatable bonds is 2. The summed E-state index contributed by atoms with van der Waals surface area (Å²) in [6.45, 7) is 0. The van der Waals surface area contributed by atoms with Crippen molar-refractivity contribution < 1.29 is 0 Å². The second-order valence-electron chi connectivity index (χ2n) is 3.30. The van der Waals surface area contributed by atoms with E-state index in [0.717, 1.165) is 18.7 Å². The van der Waals surface area contributed by atoms with E-state index in [4.69, 9.17) is 34.8 Å². The molecular formula is C11H5Br2Cl3S. The lowest BCUT2D eigenvalue weighted by atomic mass is 10.1. The Kier molecular flexibility index (Phi) is 4.84. The summed E-state index contributed by atoms with van der Waals surface area (Å²) < 4.78 is 2.00. The van der Waals surface area contributed by atoms with Gasteiger partial charge in [0.2, 0.25) is 0 Å². The molecule has 1 heterocycles. The van der Waals surface area contributed by atoms with Gasteiger partial charge in [0.15, 0.2) is 0 Å². The van der Waals surface area contributed by atoms with E-state index >= 15 is 0 Å². The van der Waals surface area contributed by atoms with Crippen molar-refractivity contribution in [1.29, 1.82) is 0 Å². The Labute approximate surface area is 135 Å². The number of halogens is 5. The van der Waals surface area contributed by atoms with Gasteiger partial charge in [0, 0.05) is 19.4 Å². The van der Waals surface area contributed by atoms with E-state index < -0.39 is 0 Å². The van der Waals surface area contributed by atoms with Gasteiger partial charge in [0.25, 0.3) is 0 Å². The molecule has 0 aliphatic rings. The lowest BCUT2D eigenvalue weighted by Crippen LogP contribution is -1.91. The van der Waals surface area contributed by atoms with Crippen LogP contribution in [0.2, 0.25) is 10.0 Å². The van der Waals surface area contributed by atoms with E-state index in [9.17, 15) is 0 Å². The quantitative estimate of drug-likeness (QED) is 0.450. The predicted molar refractivity (Wildman–Crippen MR) is 83.9 cm³/mol. The molecule has 0 N–H and O–H groups in total. The van der Waals surface area contributed by atoms with Crippen LogP contribution in [0.25, 0.3) is 0 Å². The van der Waals surface area contributed by atoms with Crippen LogP contribution in [0.1, 0.15) is 15.8 Å². The van der Waals surface area contributed by atoms with Gasteiger partial charge in [-0.25, -0.2) is 0 Å². The van der Waals surface area contributed by atoms with Gasteiger partial charge in [-0.15, -0.1) is 22.9 Å². The molecule has 2 rings (SSSR count). The van der Waals surface area contributed by atoms with Gasteiger partial charge in [0.1, 0.15) is 0 Å². The van der Waals surface area contributed by atoms with Gasteiger partial charge < -0.3 is 0 Å². The minimum absolute atomic E-state index is 0.297. The monoisotopic (exact) mass is 432 g/mol. The zero-order chi connectivity index (χ0) is 12.6. The molecule has 0 saturated carbocycles. The van der Waals surface area contributed by atoms with Crippen molar-refractivity contribution in [2.45, 2.75) is 5.38 Å². The fraction of sp³-hybridized carbons (Fsp3) is 0.0909. The maximum atomic E-state index is 6.42. The van der Waals surface area contributed by atoms with Crippen LogP contribution in [0, 0.1) is 0 Å². The topological polar surface area (TPSA) is 0 Å². The van der Waals surface area contributed by atoms with E-state index in [-0.39, 0.29) is 5.38 Å². The van der Waals surface area contributed by atoms with Crippen molar-refractivity contribution in [3.63, 3.8) is 0 Å². The second kappa shape index (κ2) is 5.81. The largest absolute Gasteiger partial charge is 0.130 e. The lowest BCUT2D eigenvalue weighted by molar-refractivity contribution is 1.18. The van der Waals surface area contributed by atoms with Crippen LogP contribution in [-0.2, 0) is 0 Å². The van der Waals surface area contributed by atoms with Crippen molar-refractivity contribution in [2.24, 2.45) is 0 Å². The zero-order valence-electron chi connectivity index (χ0n) is 8.18. The maximum Gasteiger partial charge on any atom is 0.0943 e. The minimum Gasteiger partial charge on any atom is -0.130 e. The van der Waals surface area contributed by atoms with Gasteiger partial charge in [-0.3, -0.25) is 0 Å². The third-order valence-electron chi connectivity index (χ3n) is 2.15. The average molecular weight is 435 g/mol. The van der Waals surface area contributed by atoms with Crippen LogP contribution in [0.15, 0.2) is 32.5 Å². The first-order chi connectivity index (χ1) is 7.99. The Morgan fingerprint density at radius 3 is 2.41 bits per heavy atom. The highest BCUT2D eigenvalue weighted by atomic mass is 79.9. The van der Waals surface area contributed by atoms with Crippen molar-refractivity contribution in [3.8, 4) is 0 Å². The minimum atomic E-state index is -0.297. The highest BCUT2D eigenvalue weighted by molar-refractivity contribution is 9.13. The van der Waals surface area contributed by atoms with Crippen LogP contribution in [0.3, 0.4) is 0 Å². The van der Waals surface area contributed by atoms with E-state index in [2.05, 4.69) is 31.9 Å². The maximum absolute atomic E-state index is 6.42. The molecule has 6 heteroatoms. The summed E-state index contributed by atoms with van der Waals surface area (Å²) in [4.78, 5) is 1.01.